The lowest BCUT2D eigenvalue weighted by molar-refractivity contribution is -0.114. The molecule has 0 heterocycles. The Morgan fingerprint density at radius 1 is 1.13 bits per heavy atom. The van der Waals surface area contributed by atoms with Crippen molar-refractivity contribution in [1.29, 1.82) is 0 Å². The molecule has 0 fully saturated rings. The van der Waals surface area contributed by atoms with Crippen LogP contribution in [0.25, 0.3) is 0 Å². The van der Waals surface area contributed by atoms with Crippen LogP contribution in [-0.4, -0.2) is 12.8 Å². The number of carbonyl (C=O) groups excluding carboxylic acids is 1. The van der Waals surface area contributed by atoms with E-state index >= 15 is 0 Å². The predicted molar refractivity (Wildman–Crippen MR) is 111 cm³/mol. The molecule has 1 aliphatic rings. The van der Waals surface area contributed by atoms with Gasteiger partial charge in [-0.15, -0.1) is 0 Å². The third-order valence-corrected chi connectivity index (χ3v) is 5.32. The Kier molecular flexibility index (Phi) is 6.74. The number of benzene rings is 2. The summed E-state index contributed by atoms with van der Waals surface area (Å²) in [5, 5.41) is 3.31. The Morgan fingerprint density at radius 2 is 1.80 bits per heavy atom. The largest absolute Gasteiger partial charge is 0.356 e. The van der Waals surface area contributed by atoms with E-state index in [2.05, 4.69) is 10.7 Å². The van der Waals surface area contributed by atoms with Crippen LogP contribution in [0.15, 0.2) is 59.8 Å². The first-order valence-electron chi connectivity index (χ1n) is 9.65. The number of aldehydes is 1. The van der Waals surface area contributed by atoms with Gasteiger partial charge in [0.15, 0.2) is 17.5 Å². The van der Waals surface area contributed by atoms with Crippen molar-refractivity contribution in [3.8, 4) is 0 Å². The number of aryl methyl sites for hydroxylation is 1. The molecule has 0 aromatic heterocycles. The van der Waals surface area contributed by atoms with E-state index in [0.717, 1.165) is 40.9 Å². The molecule has 158 valence electrons. The van der Waals surface area contributed by atoms with Crippen LogP contribution in [0.3, 0.4) is 0 Å². The van der Waals surface area contributed by atoms with Gasteiger partial charge in [0.2, 0.25) is 0 Å². The van der Waals surface area contributed by atoms with E-state index in [1.807, 2.05) is 43.3 Å². The molecule has 0 amide bonds. The number of hydrogen-bond donors (Lipinski definition) is 3. The van der Waals surface area contributed by atoms with Gasteiger partial charge in [-0.1, -0.05) is 29.3 Å². The first-order valence-corrected chi connectivity index (χ1v) is 9.65. The van der Waals surface area contributed by atoms with E-state index in [1.54, 1.807) is 0 Å². The van der Waals surface area contributed by atoms with E-state index in [-0.39, 0.29) is 12.0 Å². The van der Waals surface area contributed by atoms with Gasteiger partial charge in [0.05, 0.1) is 5.41 Å². The minimum absolute atomic E-state index is 0.0509. The first-order chi connectivity index (χ1) is 14.4. The summed E-state index contributed by atoms with van der Waals surface area (Å²) < 4.78 is 40.7. The molecular formula is C23H24F3N3O. The number of allylic oxidation sites excluding steroid dienone is 2. The molecule has 0 radical (unpaired) electrons. The summed E-state index contributed by atoms with van der Waals surface area (Å²) in [5.41, 5.74) is 5.43. The average molecular weight is 415 g/mol. The SMILES string of the molecule is Cc1ccc(NC2=CCC(C=O)(Cc3cc(F)c(F)c(F)c3)C(CCNN)=C2)cc1. The fourth-order valence-electron chi connectivity index (χ4n) is 3.66. The molecule has 0 bridgehead atoms. The molecule has 0 saturated heterocycles. The van der Waals surface area contributed by atoms with E-state index < -0.39 is 22.9 Å². The molecule has 1 unspecified atom stereocenters. The van der Waals surface area contributed by atoms with Gasteiger partial charge in [0.25, 0.3) is 0 Å². The maximum absolute atomic E-state index is 13.7. The summed E-state index contributed by atoms with van der Waals surface area (Å²) in [6, 6.07) is 9.76. The van der Waals surface area contributed by atoms with Gasteiger partial charge in [0.1, 0.15) is 6.29 Å². The second-order valence-electron chi connectivity index (χ2n) is 7.55. The third kappa shape index (κ3) is 4.80. The molecule has 1 atom stereocenters. The monoisotopic (exact) mass is 415 g/mol. The third-order valence-electron chi connectivity index (χ3n) is 5.32. The second kappa shape index (κ2) is 9.28. The van der Waals surface area contributed by atoms with Gasteiger partial charge in [-0.2, -0.15) is 0 Å². The molecule has 0 aliphatic heterocycles. The van der Waals surface area contributed by atoms with Crippen LogP contribution < -0.4 is 16.6 Å². The summed E-state index contributed by atoms with van der Waals surface area (Å²) in [6.07, 6.45) is 5.40. The van der Waals surface area contributed by atoms with Crippen LogP contribution in [0.2, 0.25) is 0 Å². The lowest BCUT2D eigenvalue weighted by Gasteiger charge is -2.34. The van der Waals surface area contributed by atoms with Gasteiger partial charge in [-0.25, -0.2) is 13.2 Å². The number of carbonyl (C=O) groups is 1. The number of anilines is 1. The fourth-order valence-corrected chi connectivity index (χ4v) is 3.66. The summed E-state index contributed by atoms with van der Waals surface area (Å²) in [6.45, 7) is 2.42. The number of nitrogens with one attached hydrogen (secondary N) is 2. The molecule has 4 nitrogen and oxygen atoms in total. The highest BCUT2D eigenvalue weighted by atomic mass is 19.2. The van der Waals surface area contributed by atoms with Crippen molar-refractivity contribution in [1.82, 2.24) is 5.43 Å². The minimum atomic E-state index is -1.52. The molecular weight excluding hydrogens is 391 g/mol. The number of rotatable bonds is 8. The summed E-state index contributed by atoms with van der Waals surface area (Å²) >= 11 is 0. The Morgan fingerprint density at radius 3 is 2.40 bits per heavy atom. The summed E-state index contributed by atoms with van der Waals surface area (Å²) in [5.74, 6) is 1.36. The highest BCUT2D eigenvalue weighted by molar-refractivity contribution is 5.69. The number of hydrogen-bond acceptors (Lipinski definition) is 4. The molecule has 1 aliphatic carbocycles. The highest BCUT2D eigenvalue weighted by Crippen LogP contribution is 2.40. The van der Waals surface area contributed by atoms with E-state index in [1.165, 1.54) is 0 Å². The number of hydrazine groups is 1. The fraction of sp³-hybridized carbons (Fsp3) is 0.261. The normalized spacial score (nSPS) is 18.6. The van der Waals surface area contributed by atoms with Crippen molar-refractivity contribution >= 4 is 12.0 Å². The molecule has 7 heteroatoms. The maximum atomic E-state index is 13.7. The van der Waals surface area contributed by atoms with Crippen LogP contribution in [0.5, 0.6) is 0 Å². The first kappa shape index (κ1) is 21.8. The summed E-state index contributed by atoms with van der Waals surface area (Å²) in [7, 11) is 0. The molecule has 3 rings (SSSR count). The highest BCUT2D eigenvalue weighted by Gasteiger charge is 2.36. The zero-order valence-corrected chi connectivity index (χ0v) is 16.6. The van der Waals surface area contributed by atoms with Crippen molar-refractivity contribution in [3.63, 3.8) is 0 Å². The standard InChI is InChI=1S/C23H24F3N3O/c1-15-2-4-18(5-3-15)29-19-6-8-23(14-30,17(12-19)7-9-28-27)13-16-10-20(24)22(26)21(25)11-16/h2-6,10-12,14,28-29H,7-9,13,27H2,1H3. The van der Waals surface area contributed by atoms with E-state index in [4.69, 9.17) is 5.84 Å². The van der Waals surface area contributed by atoms with Gasteiger partial charge < -0.3 is 10.1 Å². The molecule has 30 heavy (non-hydrogen) atoms. The predicted octanol–water partition coefficient (Wildman–Crippen LogP) is 4.32. The Hall–Kier alpha value is -2.90. The lowest BCUT2D eigenvalue weighted by atomic mass is 9.70. The number of nitrogens with two attached hydrogens (primary N) is 1. The van der Waals surface area contributed by atoms with Crippen molar-refractivity contribution < 1.29 is 18.0 Å². The minimum Gasteiger partial charge on any atom is -0.356 e. The lowest BCUT2D eigenvalue weighted by Crippen LogP contribution is -2.33. The molecule has 0 spiro atoms. The van der Waals surface area contributed by atoms with Crippen molar-refractivity contribution in [2.24, 2.45) is 11.3 Å². The van der Waals surface area contributed by atoms with Crippen molar-refractivity contribution in [2.75, 3.05) is 11.9 Å². The van der Waals surface area contributed by atoms with Crippen LogP contribution in [-0.2, 0) is 11.2 Å². The van der Waals surface area contributed by atoms with Gasteiger partial charge in [-0.05, 0) is 62.1 Å². The molecule has 0 saturated carbocycles. The van der Waals surface area contributed by atoms with Crippen LogP contribution in [0, 0.1) is 29.8 Å². The topological polar surface area (TPSA) is 67.2 Å². The van der Waals surface area contributed by atoms with Crippen LogP contribution in [0.4, 0.5) is 18.9 Å². The smallest absolute Gasteiger partial charge is 0.194 e. The van der Waals surface area contributed by atoms with Gasteiger partial charge in [-0.3, -0.25) is 11.3 Å². The Bertz CT molecular complexity index is 963. The van der Waals surface area contributed by atoms with E-state index in [9.17, 15) is 18.0 Å². The van der Waals surface area contributed by atoms with Crippen LogP contribution >= 0.6 is 0 Å². The van der Waals surface area contributed by atoms with Gasteiger partial charge >= 0.3 is 0 Å². The zero-order valence-electron chi connectivity index (χ0n) is 16.6. The second-order valence-corrected chi connectivity index (χ2v) is 7.55. The summed E-state index contributed by atoms with van der Waals surface area (Å²) in [4.78, 5) is 12.2. The van der Waals surface area contributed by atoms with Crippen LogP contribution in [0.1, 0.15) is 24.0 Å². The molecule has 2 aromatic rings. The molecule has 2 aromatic carbocycles. The van der Waals surface area contributed by atoms with Crippen molar-refractivity contribution in [3.05, 3.63) is 88.4 Å². The quantitative estimate of drug-likeness (QED) is 0.260. The maximum Gasteiger partial charge on any atom is 0.194 e. The van der Waals surface area contributed by atoms with Crippen molar-refractivity contribution in [2.45, 2.75) is 26.2 Å². The molecule has 4 N–H and O–H groups in total. The Balaban J connectivity index is 1.90. The van der Waals surface area contributed by atoms with E-state index in [0.29, 0.717) is 19.4 Å². The zero-order chi connectivity index (χ0) is 21.7. The Labute approximate surface area is 173 Å². The number of halogens is 3. The van der Waals surface area contributed by atoms with Gasteiger partial charge in [0, 0.05) is 17.9 Å². The average Bonchev–Trinajstić information content (AvgIpc) is 2.73.